The third-order valence-electron chi connectivity index (χ3n) is 4.93. The Balaban J connectivity index is 1.67. The van der Waals surface area contributed by atoms with Gasteiger partial charge in [0.15, 0.2) is 6.29 Å². The Morgan fingerprint density at radius 3 is 2.12 bits per heavy atom. The summed E-state index contributed by atoms with van der Waals surface area (Å²) >= 11 is 0. The fraction of sp³-hybridized carbons (Fsp3) is 0.391. The van der Waals surface area contributed by atoms with Gasteiger partial charge >= 0.3 is 12.1 Å². The number of carbonyl (C=O) groups is 2. The Hall–Kier alpha value is -2.98. The first kappa shape index (κ1) is 23.7. The van der Waals surface area contributed by atoms with Gasteiger partial charge in [-0.1, -0.05) is 60.7 Å². The van der Waals surface area contributed by atoms with Crippen molar-refractivity contribution in [2.75, 3.05) is 6.61 Å². The molecule has 0 spiro atoms. The van der Waals surface area contributed by atoms with E-state index in [1.165, 1.54) is 6.92 Å². The van der Waals surface area contributed by atoms with Gasteiger partial charge in [0.05, 0.1) is 6.61 Å². The number of ether oxygens (including phenoxy) is 4. The van der Waals surface area contributed by atoms with Gasteiger partial charge in [-0.15, -0.1) is 0 Å². The molecule has 0 saturated carbocycles. The zero-order valence-electron chi connectivity index (χ0n) is 17.6. The second kappa shape index (κ2) is 11.6. The largest absolute Gasteiger partial charge is 0.463 e. The van der Waals surface area contributed by atoms with Crippen LogP contribution in [0.15, 0.2) is 60.7 Å². The zero-order chi connectivity index (χ0) is 22.9. The van der Waals surface area contributed by atoms with Crippen molar-refractivity contribution in [1.82, 2.24) is 5.32 Å². The van der Waals surface area contributed by atoms with Crippen LogP contribution in [-0.2, 0) is 37.0 Å². The molecule has 9 heteroatoms. The molecular formula is C23H27NO8. The average molecular weight is 445 g/mol. The van der Waals surface area contributed by atoms with E-state index in [2.05, 4.69) is 5.32 Å². The van der Waals surface area contributed by atoms with Crippen LogP contribution in [0.25, 0.3) is 0 Å². The summed E-state index contributed by atoms with van der Waals surface area (Å²) in [5, 5.41) is 23.8. The van der Waals surface area contributed by atoms with Crippen LogP contribution in [0.3, 0.4) is 0 Å². The van der Waals surface area contributed by atoms with Crippen molar-refractivity contribution in [3.8, 4) is 0 Å². The number of alkyl carbamates (subject to hydrolysis) is 1. The van der Waals surface area contributed by atoms with Crippen molar-refractivity contribution in [2.24, 2.45) is 0 Å². The minimum atomic E-state index is -1.52. The number of nitrogens with one attached hydrogen (secondary N) is 1. The van der Waals surface area contributed by atoms with Crippen molar-refractivity contribution in [1.29, 1.82) is 0 Å². The summed E-state index contributed by atoms with van der Waals surface area (Å²) in [5.41, 5.74) is 1.63. The Bertz CT molecular complexity index is 863. The lowest BCUT2D eigenvalue weighted by Crippen LogP contribution is -2.65. The Morgan fingerprint density at radius 2 is 1.53 bits per heavy atom. The molecule has 1 saturated heterocycles. The smallest absolute Gasteiger partial charge is 0.407 e. The number of benzene rings is 2. The highest BCUT2D eigenvalue weighted by molar-refractivity contribution is 5.68. The first-order valence-electron chi connectivity index (χ1n) is 10.2. The molecule has 5 unspecified atom stereocenters. The van der Waals surface area contributed by atoms with Gasteiger partial charge in [-0.3, -0.25) is 4.79 Å². The molecule has 0 aromatic heterocycles. The molecule has 3 N–H and O–H groups in total. The number of aliphatic hydroxyl groups excluding tert-OH is 2. The Morgan fingerprint density at radius 1 is 0.938 bits per heavy atom. The second-order valence-corrected chi connectivity index (χ2v) is 7.35. The normalized spacial score (nSPS) is 25.0. The summed E-state index contributed by atoms with van der Waals surface area (Å²) in [7, 11) is 0. The van der Waals surface area contributed by atoms with Gasteiger partial charge in [-0.25, -0.2) is 4.79 Å². The van der Waals surface area contributed by atoms with Crippen LogP contribution >= 0.6 is 0 Å². The maximum absolute atomic E-state index is 12.3. The molecule has 1 aliphatic rings. The molecule has 0 radical (unpaired) electrons. The van der Waals surface area contributed by atoms with Crippen molar-refractivity contribution in [3.63, 3.8) is 0 Å². The van der Waals surface area contributed by atoms with Crippen LogP contribution < -0.4 is 5.32 Å². The van der Waals surface area contributed by atoms with E-state index in [-0.39, 0.29) is 19.8 Å². The number of rotatable bonds is 8. The topological polar surface area (TPSA) is 124 Å². The molecule has 2 aromatic rings. The maximum atomic E-state index is 12.3. The Kier molecular flexibility index (Phi) is 8.57. The summed E-state index contributed by atoms with van der Waals surface area (Å²) in [6.07, 6.45) is -5.71. The highest BCUT2D eigenvalue weighted by Gasteiger charge is 2.46. The zero-order valence-corrected chi connectivity index (χ0v) is 17.6. The molecule has 2 aromatic carbocycles. The lowest BCUT2D eigenvalue weighted by atomic mass is 9.96. The number of carbonyl (C=O) groups excluding carboxylic acids is 2. The minimum Gasteiger partial charge on any atom is -0.463 e. The molecule has 5 atom stereocenters. The van der Waals surface area contributed by atoms with Gasteiger partial charge in [0.2, 0.25) is 0 Å². The van der Waals surface area contributed by atoms with E-state index in [0.717, 1.165) is 11.1 Å². The number of amides is 1. The molecule has 1 heterocycles. The first-order chi connectivity index (χ1) is 15.4. The molecule has 0 bridgehead atoms. The fourth-order valence-electron chi connectivity index (χ4n) is 3.29. The van der Waals surface area contributed by atoms with Gasteiger partial charge in [-0.05, 0) is 11.1 Å². The fourth-order valence-corrected chi connectivity index (χ4v) is 3.29. The van der Waals surface area contributed by atoms with Crippen LogP contribution in [-0.4, -0.2) is 59.5 Å². The van der Waals surface area contributed by atoms with Crippen molar-refractivity contribution < 1.29 is 38.7 Å². The molecule has 1 aliphatic heterocycles. The van der Waals surface area contributed by atoms with Gasteiger partial charge in [0, 0.05) is 6.92 Å². The van der Waals surface area contributed by atoms with E-state index in [9.17, 15) is 19.8 Å². The predicted molar refractivity (Wildman–Crippen MR) is 112 cm³/mol. The number of aliphatic hydroxyl groups is 2. The van der Waals surface area contributed by atoms with E-state index in [1.54, 1.807) is 12.1 Å². The number of hydrogen-bond donors (Lipinski definition) is 3. The lowest BCUT2D eigenvalue weighted by molar-refractivity contribution is -0.264. The van der Waals surface area contributed by atoms with E-state index >= 15 is 0 Å². The first-order valence-corrected chi connectivity index (χ1v) is 10.2. The van der Waals surface area contributed by atoms with Crippen molar-refractivity contribution in [2.45, 2.75) is 50.8 Å². The molecule has 3 rings (SSSR count). The monoisotopic (exact) mass is 445 g/mol. The summed E-state index contributed by atoms with van der Waals surface area (Å²) < 4.78 is 21.4. The van der Waals surface area contributed by atoms with Gasteiger partial charge in [0.1, 0.15) is 37.6 Å². The van der Waals surface area contributed by atoms with Crippen molar-refractivity contribution >= 4 is 12.1 Å². The summed E-state index contributed by atoms with van der Waals surface area (Å²) in [6, 6.07) is 17.2. The van der Waals surface area contributed by atoms with E-state index in [0.29, 0.717) is 0 Å². The predicted octanol–water partition coefficient (Wildman–Crippen LogP) is 1.51. The third-order valence-corrected chi connectivity index (χ3v) is 4.93. The quantitative estimate of drug-likeness (QED) is 0.523. The van der Waals surface area contributed by atoms with Gasteiger partial charge in [0.25, 0.3) is 0 Å². The van der Waals surface area contributed by atoms with E-state index < -0.39 is 42.7 Å². The molecule has 32 heavy (non-hydrogen) atoms. The second-order valence-electron chi connectivity index (χ2n) is 7.35. The van der Waals surface area contributed by atoms with Crippen molar-refractivity contribution in [3.05, 3.63) is 71.8 Å². The SMILES string of the molecule is CC(=O)OCC1OC(O)C(NC(=O)OCc2ccccc2)C(OCc2ccccc2)C1O. The molecule has 172 valence electrons. The maximum Gasteiger partial charge on any atom is 0.407 e. The van der Waals surface area contributed by atoms with Crippen LogP contribution in [0.4, 0.5) is 4.79 Å². The molecule has 1 fully saturated rings. The van der Waals surface area contributed by atoms with Crippen LogP contribution in [0.2, 0.25) is 0 Å². The molecular weight excluding hydrogens is 418 g/mol. The number of hydrogen-bond acceptors (Lipinski definition) is 8. The van der Waals surface area contributed by atoms with E-state index in [1.807, 2.05) is 48.5 Å². The summed E-state index contributed by atoms with van der Waals surface area (Å²) in [4.78, 5) is 23.5. The standard InChI is InChI=1S/C23H27NO8/c1-15(25)29-14-18-20(26)21(30-12-16-8-4-2-5-9-16)19(22(27)32-18)24-23(28)31-13-17-10-6-3-7-11-17/h2-11,18-22,26-27H,12-14H2,1H3,(H,24,28). The van der Waals surface area contributed by atoms with Gasteiger partial charge in [-0.2, -0.15) is 0 Å². The Labute approximate surface area is 185 Å². The van der Waals surface area contributed by atoms with Crippen LogP contribution in [0.1, 0.15) is 18.1 Å². The van der Waals surface area contributed by atoms with Gasteiger partial charge < -0.3 is 34.5 Å². The van der Waals surface area contributed by atoms with Crippen LogP contribution in [0.5, 0.6) is 0 Å². The highest BCUT2D eigenvalue weighted by atomic mass is 16.6. The summed E-state index contributed by atoms with van der Waals surface area (Å²) in [5.74, 6) is -0.554. The highest BCUT2D eigenvalue weighted by Crippen LogP contribution is 2.24. The molecule has 1 amide bonds. The summed E-state index contributed by atoms with van der Waals surface area (Å²) in [6.45, 7) is 1.10. The minimum absolute atomic E-state index is 0.0313. The number of esters is 1. The third kappa shape index (κ3) is 6.76. The molecule has 9 nitrogen and oxygen atoms in total. The average Bonchev–Trinajstić information content (AvgIpc) is 2.80. The molecule has 0 aliphatic carbocycles. The lowest BCUT2D eigenvalue weighted by Gasteiger charge is -2.42. The van der Waals surface area contributed by atoms with E-state index in [4.69, 9.17) is 18.9 Å². The van der Waals surface area contributed by atoms with Crippen LogP contribution in [0, 0.1) is 0 Å².